The second-order valence-corrected chi connectivity index (χ2v) is 4.80. The Morgan fingerprint density at radius 3 is 2.81 bits per heavy atom. The summed E-state index contributed by atoms with van der Waals surface area (Å²) in [7, 11) is 0. The van der Waals surface area contributed by atoms with Gasteiger partial charge in [-0.15, -0.1) is 0 Å². The van der Waals surface area contributed by atoms with Gasteiger partial charge in [0, 0.05) is 25.0 Å². The van der Waals surface area contributed by atoms with Crippen molar-refractivity contribution < 1.29 is 9.59 Å². The standard InChI is InChI=1S/C11H19N3O2/c1-7(11(16)13-9-3-4-9)14-6-8(12)2-5-10(14)15/h7-9H,2-6,12H2,1H3,(H,13,16)/t7-,8+/m0/s1. The Balaban J connectivity index is 1.92. The maximum absolute atomic E-state index is 11.8. The molecule has 16 heavy (non-hydrogen) atoms. The second kappa shape index (κ2) is 4.41. The van der Waals surface area contributed by atoms with Crippen molar-refractivity contribution in [3.8, 4) is 0 Å². The van der Waals surface area contributed by atoms with E-state index in [1.165, 1.54) is 0 Å². The maximum Gasteiger partial charge on any atom is 0.242 e. The van der Waals surface area contributed by atoms with Crippen LogP contribution in [0, 0.1) is 0 Å². The van der Waals surface area contributed by atoms with Gasteiger partial charge in [-0.2, -0.15) is 0 Å². The van der Waals surface area contributed by atoms with E-state index in [1.54, 1.807) is 11.8 Å². The van der Waals surface area contributed by atoms with E-state index in [2.05, 4.69) is 5.32 Å². The molecule has 1 saturated heterocycles. The highest BCUT2D eigenvalue weighted by molar-refractivity contribution is 5.88. The number of nitrogens with two attached hydrogens (primary N) is 1. The van der Waals surface area contributed by atoms with E-state index in [4.69, 9.17) is 5.73 Å². The van der Waals surface area contributed by atoms with E-state index in [1.807, 2.05) is 0 Å². The minimum atomic E-state index is -0.389. The lowest BCUT2D eigenvalue weighted by atomic mass is 10.0. The van der Waals surface area contributed by atoms with Crippen molar-refractivity contribution in [3.63, 3.8) is 0 Å². The molecule has 5 heteroatoms. The molecule has 1 heterocycles. The lowest BCUT2D eigenvalue weighted by molar-refractivity contribution is -0.142. The van der Waals surface area contributed by atoms with Crippen LogP contribution in [-0.2, 0) is 9.59 Å². The molecule has 1 aliphatic carbocycles. The first-order chi connectivity index (χ1) is 7.58. The number of nitrogens with zero attached hydrogens (tertiary/aromatic N) is 1. The average molecular weight is 225 g/mol. The number of nitrogens with one attached hydrogen (secondary N) is 1. The highest BCUT2D eigenvalue weighted by Gasteiger charge is 2.33. The summed E-state index contributed by atoms with van der Waals surface area (Å²) >= 11 is 0. The fraction of sp³-hybridized carbons (Fsp3) is 0.818. The van der Waals surface area contributed by atoms with Crippen LogP contribution >= 0.6 is 0 Å². The van der Waals surface area contributed by atoms with Gasteiger partial charge in [0.15, 0.2) is 0 Å². The van der Waals surface area contributed by atoms with Crippen LogP contribution in [0.25, 0.3) is 0 Å². The van der Waals surface area contributed by atoms with Crippen molar-refractivity contribution in [2.45, 2.75) is 50.7 Å². The molecule has 2 rings (SSSR count). The lowest BCUT2D eigenvalue weighted by Crippen LogP contribution is -2.54. The van der Waals surface area contributed by atoms with E-state index >= 15 is 0 Å². The predicted molar refractivity (Wildman–Crippen MR) is 59.5 cm³/mol. The first-order valence-electron chi connectivity index (χ1n) is 5.93. The smallest absolute Gasteiger partial charge is 0.242 e. The Hall–Kier alpha value is -1.10. The number of piperidine rings is 1. The van der Waals surface area contributed by atoms with Crippen molar-refractivity contribution >= 4 is 11.8 Å². The van der Waals surface area contributed by atoms with E-state index in [9.17, 15) is 9.59 Å². The highest BCUT2D eigenvalue weighted by Crippen LogP contribution is 2.20. The summed E-state index contributed by atoms with van der Waals surface area (Å²) in [6.07, 6.45) is 3.31. The number of carbonyl (C=O) groups excluding carboxylic acids is 2. The van der Waals surface area contributed by atoms with E-state index in [0.29, 0.717) is 19.0 Å². The molecule has 0 aromatic rings. The summed E-state index contributed by atoms with van der Waals surface area (Å²) in [5, 5.41) is 2.91. The van der Waals surface area contributed by atoms with Gasteiger partial charge in [0.1, 0.15) is 6.04 Å². The summed E-state index contributed by atoms with van der Waals surface area (Å²) in [4.78, 5) is 25.1. The van der Waals surface area contributed by atoms with Gasteiger partial charge in [-0.3, -0.25) is 9.59 Å². The van der Waals surface area contributed by atoms with Crippen LogP contribution in [0.15, 0.2) is 0 Å². The second-order valence-electron chi connectivity index (χ2n) is 4.80. The lowest BCUT2D eigenvalue weighted by Gasteiger charge is -2.34. The van der Waals surface area contributed by atoms with E-state index in [0.717, 1.165) is 19.3 Å². The molecule has 0 spiro atoms. The summed E-state index contributed by atoms with van der Waals surface area (Å²) in [5.41, 5.74) is 5.81. The van der Waals surface area contributed by atoms with Gasteiger partial charge in [0.05, 0.1) is 0 Å². The van der Waals surface area contributed by atoms with Gasteiger partial charge in [0.25, 0.3) is 0 Å². The van der Waals surface area contributed by atoms with Crippen LogP contribution in [0.3, 0.4) is 0 Å². The molecule has 0 aromatic carbocycles. The highest BCUT2D eigenvalue weighted by atomic mass is 16.2. The molecule has 0 aromatic heterocycles. The minimum Gasteiger partial charge on any atom is -0.352 e. The molecule has 90 valence electrons. The Kier molecular flexibility index (Phi) is 3.14. The van der Waals surface area contributed by atoms with Crippen LogP contribution in [0.1, 0.15) is 32.6 Å². The quantitative estimate of drug-likeness (QED) is 0.686. The van der Waals surface area contributed by atoms with Gasteiger partial charge in [-0.1, -0.05) is 0 Å². The molecule has 2 amide bonds. The normalized spacial score (nSPS) is 27.8. The van der Waals surface area contributed by atoms with Gasteiger partial charge in [0.2, 0.25) is 11.8 Å². The van der Waals surface area contributed by atoms with Crippen molar-refractivity contribution in [2.75, 3.05) is 6.54 Å². The van der Waals surface area contributed by atoms with Gasteiger partial charge in [-0.05, 0) is 26.2 Å². The van der Waals surface area contributed by atoms with E-state index in [-0.39, 0.29) is 23.9 Å². The zero-order chi connectivity index (χ0) is 11.7. The van der Waals surface area contributed by atoms with Crippen molar-refractivity contribution in [2.24, 2.45) is 5.73 Å². The minimum absolute atomic E-state index is 0.00822. The molecule has 1 saturated carbocycles. The Labute approximate surface area is 95.3 Å². The Morgan fingerprint density at radius 1 is 1.50 bits per heavy atom. The molecule has 2 aliphatic rings. The average Bonchev–Trinajstić information content (AvgIpc) is 3.04. The predicted octanol–water partition coefficient (Wildman–Crippen LogP) is -0.397. The van der Waals surface area contributed by atoms with Crippen LogP contribution in [0.4, 0.5) is 0 Å². The fourth-order valence-electron chi connectivity index (χ4n) is 1.96. The third-order valence-electron chi connectivity index (χ3n) is 3.25. The zero-order valence-electron chi connectivity index (χ0n) is 9.61. The summed E-state index contributed by atoms with van der Waals surface area (Å²) in [6, 6.07) is -0.0446. The number of likely N-dealkylation sites (tertiary alicyclic amines) is 1. The Bertz CT molecular complexity index is 302. The summed E-state index contributed by atoms with van der Waals surface area (Å²) in [6.45, 7) is 2.27. The molecule has 1 aliphatic heterocycles. The summed E-state index contributed by atoms with van der Waals surface area (Å²) < 4.78 is 0. The number of hydrogen-bond acceptors (Lipinski definition) is 3. The molecule has 0 radical (unpaired) electrons. The van der Waals surface area contributed by atoms with Gasteiger partial charge < -0.3 is 16.0 Å². The summed E-state index contributed by atoms with van der Waals surface area (Å²) in [5.74, 6) is -0.00917. The molecular formula is C11H19N3O2. The number of amides is 2. The number of hydrogen-bond donors (Lipinski definition) is 2. The fourth-order valence-corrected chi connectivity index (χ4v) is 1.96. The largest absolute Gasteiger partial charge is 0.352 e. The number of rotatable bonds is 3. The number of carbonyl (C=O) groups is 2. The third-order valence-corrected chi connectivity index (χ3v) is 3.25. The molecule has 0 unspecified atom stereocenters. The molecule has 3 N–H and O–H groups in total. The van der Waals surface area contributed by atoms with Crippen molar-refractivity contribution in [1.29, 1.82) is 0 Å². The van der Waals surface area contributed by atoms with E-state index < -0.39 is 0 Å². The zero-order valence-corrected chi connectivity index (χ0v) is 9.61. The molecule has 5 nitrogen and oxygen atoms in total. The monoisotopic (exact) mass is 225 g/mol. The first-order valence-corrected chi connectivity index (χ1v) is 5.93. The van der Waals surface area contributed by atoms with Crippen LogP contribution in [-0.4, -0.2) is 41.4 Å². The van der Waals surface area contributed by atoms with Gasteiger partial charge in [-0.25, -0.2) is 0 Å². The first kappa shape index (κ1) is 11.4. The Morgan fingerprint density at radius 2 is 2.19 bits per heavy atom. The molecule has 0 bridgehead atoms. The third kappa shape index (κ3) is 2.52. The van der Waals surface area contributed by atoms with Crippen molar-refractivity contribution in [3.05, 3.63) is 0 Å². The SMILES string of the molecule is C[C@@H](C(=O)NC1CC1)N1C[C@H](N)CCC1=O. The van der Waals surface area contributed by atoms with Crippen LogP contribution in [0.5, 0.6) is 0 Å². The topological polar surface area (TPSA) is 75.4 Å². The molecule has 2 fully saturated rings. The van der Waals surface area contributed by atoms with Crippen molar-refractivity contribution in [1.82, 2.24) is 10.2 Å². The van der Waals surface area contributed by atoms with Crippen LogP contribution < -0.4 is 11.1 Å². The van der Waals surface area contributed by atoms with Gasteiger partial charge >= 0.3 is 0 Å². The van der Waals surface area contributed by atoms with Crippen LogP contribution in [0.2, 0.25) is 0 Å². The molecular weight excluding hydrogens is 206 g/mol. The molecule has 2 atom stereocenters. The maximum atomic E-state index is 11.8.